The molecule has 0 aromatic carbocycles. The Hall–Kier alpha value is -0.540. The highest BCUT2D eigenvalue weighted by molar-refractivity contribution is 7.97. The maximum absolute atomic E-state index is 12.7. The standard InChI is InChI=1S/C17H21ClF3N3OS/c18-14-5-13(17(19,20)21)6-22-15(14)26-24-10-16(11-24)8-23(9-16)7-12-1-3-25-4-2-12/h5-6,12H,1-4,7-11H2. The van der Waals surface area contributed by atoms with Crippen molar-refractivity contribution in [3.8, 4) is 0 Å². The second kappa shape index (κ2) is 7.13. The van der Waals surface area contributed by atoms with E-state index in [4.69, 9.17) is 16.3 Å². The third kappa shape index (κ3) is 3.99. The molecule has 9 heteroatoms. The Bertz CT molecular complexity index is 655. The normalized spacial score (nSPS) is 24.5. The van der Waals surface area contributed by atoms with Crippen LogP contribution in [0.1, 0.15) is 18.4 Å². The Kier molecular flexibility index (Phi) is 5.16. The number of nitrogens with zero attached hydrogens (tertiary/aromatic N) is 3. The zero-order valence-corrected chi connectivity index (χ0v) is 15.8. The molecule has 0 radical (unpaired) electrons. The molecule has 0 aliphatic carbocycles. The van der Waals surface area contributed by atoms with Crippen LogP contribution in [0, 0.1) is 11.3 Å². The molecular formula is C17H21ClF3N3OS. The van der Waals surface area contributed by atoms with Crippen LogP contribution in [-0.4, -0.2) is 60.1 Å². The Morgan fingerprint density at radius 3 is 2.54 bits per heavy atom. The molecule has 3 fully saturated rings. The van der Waals surface area contributed by atoms with Gasteiger partial charge in [-0.3, -0.25) is 0 Å². The predicted octanol–water partition coefficient (Wildman–Crippen LogP) is 3.81. The van der Waals surface area contributed by atoms with Crippen molar-refractivity contribution in [1.29, 1.82) is 0 Å². The monoisotopic (exact) mass is 407 g/mol. The average molecular weight is 408 g/mol. The molecule has 1 spiro atoms. The topological polar surface area (TPSA) is 28.6 Å². The van der Waals surface area contributed by atoms with E-state index in [1.165, 1.54) is 11.9 Å². The highest BCUT2D eigenvalue weighted by Gasteiger charge is 2.52. The first-order valence-corrected chi connectivity index (χ1v) is 9.94. The third-order valence-electron chi connectivity index (χ3n) is 5.35. The maximum atomic E-state index is 12.7. The molecule has 3 saturated heterocycles. The molecule has 0 amide bonds. The van der Waals surface area contributed by atoms with Crippen molar-refractivity contribution in [2.45, 2.75) is 24.0 Å². The average Bonchev–Trinajstić information content (AvgIpc) is 2.52. The number of rotatable bonds is 4. The van der Waals surface area contributed by atoms with Crippen LogP contribution in [0.5, 0.6) is 0 Å². The Labute approximate surface area is 160 Å². The summed E-state index contributed by atoms with van der Waals surface area (Å²) in [7, 11) is 0. The third-order valence-corrected chi connectivity index (χ3v) is 6.76. The lowest BCUT2D eigenvalue weighted by Gasteiger charge is -2.60. The van der Waals surface area contributed by atoms with Gasteiger partial charge in [0.05, 0.1) is 10.6 Å². The molecule has 144 valence electrons. The minimum atomic E-state index is -4.42. The van der Waals surface area contributed by atoms with Gasteiger partial charge in [0.1, 0.15) is 5.03 Å². The summed E-state index contributed by atoms with van der Waals surface area (Å²) in [4.78, 5) is 6.41. The largest absolute Gasteiger partial charge is 0.417 e. The highest BCUT2D eigenvalue weighted by atomic mass is 35.5. The SMILES string of the molecule is FC(F)(F)c1cnc(SN2CC3(CN(CC4CCOCC4)C3)C2)c(Cl)c1. The summed E-state index contributed by atoms with van der Waals surface area (Å²) in [6, 6.07) is 0.950. The van der Waals surface area contributed by atoms with E-state index in [-0.39, 0.29) is 5.02 Å². The van der Waals surface area contributed by atoms with Crippen LogP contribution in [0.4, 0.5) is 13.2 Å². The molecule has 4 heterocycles. The second-order valence-corrected chi connectivity index (χ2v) is 9.12. The van der Waals surface area contributed by atoms with E-state index in [9.17, 15) is 13.2 Å². The van der Waals surface area contributed by atoms with Crippen molar-refractivity contribution in [3.05, 3.63) is 22.8 Å². The van der Waals surface area contributed by atoms with Crippen LogP contribution in [0.2, 0.25) is 5.02 Å². The molecule has 4 nitrogen and oxygen atoms in total. The van der Waals surface area contributed by atoms with Crippen LogP contribution in [-0.2, 0) is 10.9 Å². The van der Waals surface area contributed by atoms with E-state index < -0.39 is 11.7 Å². The molecule has 0 N–H and O–H groups in total. The lowest BCUT2D eigenvalue weighted by Crippen LogP contribution is -2.70. The van der Waals surface area contributed by atoms with Crippen molar-refractivity contribution in [3.63, 3.8) is 0 Å². The quantitative estimate of drug-likeness (QED) is 0.708. The second-order valence-electron chi connectivity index (χ2n) is 7.62. The van der Waals surface area contributed by atoms with Gasteiger partial charge in [-0.2, -0.15) is 13.2 Å². The molecule has 0 saturated carbocycles. The number of ether oxygens (including phenoxy) is 1. The van der Waals surface area contributed by atoms with Gasteiger partial charge in [-0.25, -0.2) is 9.29 Å². The van der Waals surface area contributed by atoms with Crippen LogP contribution >= 0.6 is 23.5 Å². The van der Waals surface area contributed by atoms with Crippen molar-refractivity contribution in [2.24, 2.45) is 11.3 Å². The van der Waals surface area contributed by atoms with E-state index in [1.54, 1.807) is 0 Å². The Balaban J connectivity index is 1.23. The number of hydrogen-bond donors (Lipinski definition) is 0. The zero-order valence-electron chi connectivity index (χ0n) is 14.3. The maximum Gasteiger partial charge on any atom is 0.417 e. The van der Waals surface area contributed by atoms with Gasteiger partial charge in [-0.15, -0.1) is 0 Å². The number of alkyl halides is 3. The van der Waals surface area contributed by atoms with Gasteiger partial charge in [0.2, 0.25) is 0 Å². The van der Waals surface area contributed by atoms with Gasteiger partial charge in [0, 0.05) is 57.5 Å². The Morgan fingerprint density at radius 2 is 1.92 bits per heavy atom. The number of halogens is 4. The summed E-state index contributed by atoms with van der Waals surface area (Å²) < 4.78 is 45.6. The lowest BCUT2D eigenvalue weighted by molar-refractivity contribution is -0.137. The van der Waals surface area contributed by atoms with Crippen LogP contribution in [0.25, 0.3) is 0 Å². The molecular weight excluding hydrogens is 387 g/mol. The van der Waals surface area contributed by atoms with Gasteiger partial charge >= 0.3 is 6.18 Å². The fourth-order valence-corrected chi connectivity index (χ4v) is 5.50. The molecule has 0 unspecified atom stereocenters. The highest BCUT2D eigenvalue weighted by Crippen LogP contribution is 2.45. The smallest absolute Gasteiger partial charge is 0.381 e. The van der Waals surface area contributed by atoms with Gasteiger partial charge in [-0.1, -0.05) is 11.6 Å². The molecule has 3 aliphatic heterocycles. The fraction of sp³-hybridized carbons (Fsp3) is 0.706. The number of hydrogen-bond acceptors (Lipinski definition) is 5. The van der Waals surface area contributed by atoms with Gasteiger partial charge in [0.25, 0.3) is 0 Å². The van der Waals surface area contributed by atoms with E-state index in [0.29, 0.717) is 10.4 Å². The summed E-state index contributed by atoms with van der Waals surface area (Å²) in [6.07, 6.45) is -1.25. The molecule has 1 aromatic rings. The fourth-order valence-electron chi connectivity index (χ4n) is 4.06. The van der Waals surface area contributed by atoms with Gasteiger partial charge in [-0.05, 0) is 36.8 Å². The van der Waals surface area contributed by atoms with E-state index in [2.05, 4.69) is 14.2 Å². The summed E-state index contributed by atoms with van der Waals surface area (Å²) in [5, 5.41) is 0.494. The predicted molar refractivity (Wildman–Crippen MR) is 94.1 cm³/mol. The summed E-state index contributed by atoms with van der Waals surface area (Å²) >= 11 is 7.34. The van der Waals surface area contributed by atoms with Crippen molar-refractivity contribution < 1.29 is 17.9 Å². The van der Waals surface area contributed by atoms with Crippen LogP contribution in [0.3, 0.4) is 0 Å². The summed E-state index contributed by atoms with van der Waals surface area (Å²) in [6.45, 7) is 7.00. The number of aromatic nitrogens is 1. The number of likely N-dealkylation sites (tertiary alicyclic amines) is 1. The summed E-state index contributed by atoms with van der Waals surface area (Å²) in [5.74, 6) is 0.752. The molecule has 1 aromatic heterocycles. The minimum absolute atomic E-state index is 0.0560. The molecule has 26 heavy (non-hydrogen) atoms. The zero-order chi connectivity index (χ0) is 18.4. The first-order chi connectivity index (χ1) is 12.3. The minimum Gasteiger partial charge on any atom is -0.381 e. The number of pyridine rings is 1. The van der Waals surface area contributed by atoms with E-state index in [0.717, 1.165) is 77.0 Å². The van der Waals surface area contributed by atoms with E-state index >= 15 is 0 Å². The Morgan fingerprint density at radius 1 is 1.23 bits per heavy atom. The molecule has 0 atom stereocenters. The first-order valence-electron chi connectivity index (χ1n) is 8.79. The van der Waals surface area contributed by atoms with Crippen molar-refractivity contribution >= 4 is 23.5 Å². The summed E-state index contributed by atoms with van der Waals surface area (Å²) in [5.41, 5.74) is -0.467. The molecule has 0 bridgehead atoms. The molecule has 3 aliphatic rings. The van der Waals surface area contributed by atoms with Crippen LogP contribution < -0.4 is 0 Å². The van der Waals surface area contributed by atoms with Gasteiger partial charge in [0.15, 0.2) is 0 Å². The van der Waals surface area contributed by atoms with E-state index in [1.807, 2.05) is 0 Å². The molecule has 4 rings (SSSR count). The first kappa shape index (κ1) is 18.8. The lowest BCUT2D eigenvalue weighted by atomic mass is 9.74. The van der Waals surface area contributed by atoms with Crippen LogP contribution in [0.15, 0.2) is 17.3 Å². The van der Waals surface area contributed by atoms with Crippen molar-refractivity contribution in [1.82, 2.24) is 14.2 Å². The van der Waals surface area contributed by atoms with Crippen molar-refractivity contribution in [2.75, 3.05) is 45.9 Å². The van der Waals surface area contributed by atoms with Gasteiger partial charge < -0.3 is 9.64 Å².